The van der Waals surface area contributed by atoms with Gasteiger partial charge in [-0.3, -0.25) is 9.59 Å². The highest BCUT2D eigenvalue weighted by molar-refractivity contribution is 8.77. The summed E-state index contributed by atoms with van der Waals surface area (Å²) in [4.78, 5) is 25.7. The first kappa shape index (κ1) is 52.5. The summed E-state index contributed by atoms with van der Waals surface area (Å²) in [5.74, 6) is 10.7. The molecule has 5 heterocycles. The minimum Gasteiger partial charge on any atom is -0.508 e. The smallest absolute Gasteiger partial charge is 0.302 e. The van der Waals surface area contributed by atoms with E-state index in [9.17, 15) is 19.8 Å². The number of aromatic hydroxyl groups is 2. The maximum Gasteiger partial charge on any atom is 0.302 e. The fraction of sp³-hybridized carbons (Fsp3) is 0.477. The molecule has 6 bridgehead atoms. The number of phenols is 2. The Bertz CT molecular complexity index is 3230. The van der Waals surface area contributed by atoms with Gasteiger partial charge >= 0.3 is 5.97 Å². The third-order valence-electron chi connectivity index (χ3n) is 18.8. The fourth-order valence-electron chi connectivity index (χ4n) is 15.1. The number of ketones is 1. The van der Waals surface area contributed by atoms with Gasteiger partial charge in [0.2, 0.25) is 0 Å². The standard InChI is InChI=1S/C65H72N4O8S2/c1-36(70)75-34-51-47-19-20-48-57-41(29-45(72)30-54(57)74-2)32-65-25-24-38(31-65)26-40-14-23-56(66)69-52(40)13-7-12-46-50(33-67-42-15-17-44(71)18-16-42)60(73)63-49(58(46)61(51)76-62(47)59(48)65)21-22-53-64(77-63)55(28-37-8-4-3-5-9-37)79-78-35-39-10-6-11-43(27-39)68-53/h3-5,8-9,14,19-23,29-30,38-39,42-43,51,53,55-56,61,64,67-69,72-73H,6,10-12,15-18,24-28,31-35,66H2,1-2H3/t38-,39+,43-,51-,53+,55+,56?,61-,64-,65-/m0/s1. The number of Topliss-reactive ketones (excluding diaryl/α,β-unsaturated/α-hetero) is 1. The van der Waals surface area contributed by atoms with Crippen LogP contribution in [-0.4, -0.2) is 77.1 Å². The maximum absolute atomic E-state index is 13.4. The second-order valence-corrected chi connectivity index (χ2v) is 26.5. The van der Waals surface area contributed by atoms with Crippen molar-refractivity contribution in [3.05, 3.63) is 129 Å². The van der Waals surface area contributed by atoms with E-state index in [0.717, 1.165) is 112 Å². The number of carbonyl (C=O) groups is 2. The number of rotatable bonds is 8. The average molecular weight is 1100 g/mol. The Morgan fingerprint density at radius 3 is 2.70 bits per heavy atom. The van der Waals surface area contributed by atoms with E-state index >= 15 is 0 Å². The lowest BCUT2D eigenvalue weighted by molar-refractivity contribution is -0.142. The number of fused-ring (bicyclic) bond motifs is 11. The summed E-state index contributed by atoms with van der Waals surface area (Å²) in [5.41, 5.74) is 17.5. The molecule has 5 aliphatic heterocycles. The van der Waals surface area contributed by atoms with Crippen molar-refractivity contribution in [2.24, 2.45) is 17.6 Å². The minimum atomic E-state index is -0.720. The van der Waals surface area contributed by atoms with Gasteiger partial charge in [0.25, 0.3) is 0 Å². The normalized spacial score (nSPS) is 29.5. The van der Waals surface area contributed by atoms with E-state index in [1.54, 1.807) is 13.2 Å². The molecule has 10 atom stereocenters. The minimum absolute atomic E-state index is 0.00198. The zero-order valence-electron chi connectivity index (χ0n) is 45.2. The first-order valence-corrected chi connectivity index (χ1v) is 31.3. The second kappa shape index (κ2) is 21.9. The molecule has 0 aromatic heterocycles. The van der Waals surface area contributed by atoms with E-state index in [1.165, 1.54) is 25.3 Å². The monoisotopic (exact) mass is 1100 g/mol. The van der Waals surface area contributed by atoms with Crippen LogP contribution in [0.3, 0.4) is 0 Å². The molecule has 13 rings (SSSR count). The zero-order chi connectivity index (χ0) is 53.9. The molecule has 4 aromatic rings. The Kier molecular flexibility index (Phi) is 14.6. The first-order chi connectivity index (χ1) is 38.5. The predicted molar refractivity (Wildman–Crippen MR) is 311 cm³/mol. The summed E-state index contributed by atoms with van der Waals surface area (Å²) in [6, 6.07) is 18.8. The van der Waals surface area contributed by atoms with Gasteiger partial charge in [-0.25, -0.2) is 0 Å². The molecule has 7 N–H and O–H groups in total. The Morgan fingerprint density at radius 1 is 1.00 bits per heavy atom. The molecule has 14 heteroatoms. The molecule has 412 valence electrons. The molecule has 4 aromatic carbocycles. The summed E-state index contributed by atoms with van der Waals surface area (Å²) in [7, 11) is 5.53. The molecule has 4 fully saturated rings. The van der Waals surface area contributed by atoms with Crippen LogP contribution in [-0.2, 0) is 45.5 Å². The number of nitrogens with one attached hydrogen (secondary N) is 3. The van der Waals surface area contributed by atoms with E-state index < -0.39 is 18.2 Å². The van der Waals surface area contributed by atoms with Crippen molar-refractivity contribution in [1.29, 1.82) is 0 Å². The highest BCUT2D eigenvalue weighted by Crippen LogP contribution is 2.63. The summed E-state index contributed by atoms with van der Waals surface area (Å²) >= 11 is 0. The Balaban J connectivity index is 1.05. The summed E-state index contributed by atoms with van der Waals surface area (Å²) in [5, 5.41) is 36.1. The van der Waals surface area contributed by atoms with Gasteiger partial charge in [-0.2, -0.15) is 0 Å². The lowest BCUT2D eigenvalue weighted by Crippen LogP contribution is -2.52. The van der Waals surface area contributed by atoms with Crippen molar-refractivity contribution >= 4 is 39.4 Å². The second-order valence-electron chi connectivity index (χ2n) is 23.8. The number of hydrogen-bond donors (Lipinski definition) is 6. The van der Waals surface area contributed by atoms with Gasteiger partial charge in [-0.15, -0.1) is 0 Å². The Morgan fingerprint density at radius 2 is 1.86 bits per heavy atom. The molecule has 4 aliphatic carbocycles. The van der Waals surface area contributed by atoms with Crippen molar-refractivity contribution in [1.82, 2.24) is 16.0 Å². The number of ether oxygens (including phenoxy) is 4. The number of carbonyl (C=O) groups excluding carboxylic acids is 2. The van der Waals surface area contributed by atoms with Gasteiger partial charge in [0.1, 0.15) is 41.8 Å². The van der Waals surface area contributed by atoms with E-state index in [4.69, 9.17) is 24.7 Å². The zero-order valence-corrected chi connectivity index (χ0v) is 46.9. The van der Waals surface area contributed by atoms with Crippen LogP contribution in [0.15, 0.2) is 84.1 Å². The Labute approximate surface area is 471 Å². The average Bonchev–Trinajstić information content (AvgIpc) is 3.66. The molecule has 79 heavy (non-hydrogen) atoms. The highest BCUT2D eigenvalue weighted by atomic mass is 33.1. The SMILES string of the molecule is COc1cc(O)cc2c1-c1ccc3c4c1[C@]1(CC[C@@H](CC5=C(C#CCc6c(CNC7CCC(=O)CC7)c(O)c7c(c6[C@@H](O4)[C@H]3COC(C)=O)C=C[C@H]3N[C@H]4CCC[C@@H](CSS[C@H](Cc6ccccc6)[C@H]3O7)C4)NC(N)C=C5)C1)C2. The number of phenolic OH excluding ortho intramolecular Hbond substituents is 2. The van der Waals surface area contributed by atoms with Gasteiger partial charge in [-0.05, 0) is 128 Å². The van der Waals surface area contributed by atoms with Crippen LogP contribution >= 0.6 is 21.6 Å². The third-order valence-corrected chi connectivity index (χ3v) is 21.8. The molecule has 0 radical (unpaired) electrons. The molecule has 1 spiro atoms. The largest absolute Gasteiger partial charge is 0.508 e. The van der Waals surface area contributed by atoms with Gasteiger partial charge in [0, 0.05) is 95.4 Å². The number of benzene rings is 4. The van der Waals surface area contributed by atoms with Gasteiger partial charge in [0.05, 0.1) is 36.2 Å². The van der Waals surface area contributed by atoms with Crippen LogP contribution in [0.4, 0.5) is 0 Å². The van der Waals surface area contributed by atoms with Crippen molar-refractivity contribution in [3.8, 4) is 51.7 Å². The molecule has 9 aliphatic rings. The van der Waals surface area contributed by atoms with Crippen LogP contribution in [0.1, 0.15) is 141 Å². The molecule has 1 unspecified atom stereocenters. The van der Waals surface area contributed by atoms with Gasteiger partial charge < -0.3 is 50.8 Å². The topological polar surface area (TPSA) is 174 Å². The van der Waals surface area contributed by atoms with Crippen molar-refractivity contribution < 1.29 is 38.7 Å². The van der Waals surface area contributed by atoms with E-state index in [-0.39, 0.29) is 65.1 Å². The van der Waals surface area contributed by atoms with Gasteiger partial charge in [-0.1, -0.05) is 94.6 Å². The van der Waals surface area contributed by atoms with E-state index in [1.807, 2.05) is 33.7 Å². The molecular weight excluding hydrogens is 1030 g/mol. The molecule has 12 nitrogen and oxygen atoms in total. The van der Waals surface area contributed by atoms with Crippen LogP contribution in [0.2, 0.25) is 0 Å². The quantitative estimate of drug-likeness (QED) is 0.0559. The lowest BCUT2D eigenvalue weighted by Gasteiger charge is -2.39. The number of hydrogen-bond acceptors (Lipinski definition) is 14. The van der Waals surface area contributed by atoms with Gasteiger partial charge in [0.15, 0.2) is 11.5 Å². The summed E-state index contributed by atoms with van der Waals surface area (Å²) < 4.78 is 27.8. The molecule has 1 saturated heterocycles. The number of esters is 1. The first-order valence-electron chi connectivity index (χ1n) is 28.9. The Hall–Kier alpha value is -5.82. The van der Waals surface area contributed by atoms with Crippen LogP contribution in [0.25, 0.3) is 17.2 Å². The summed E-state index contributed by atoms with van der Waals surface area (Å²) in [6.45, 7) is 1.80. The predicted octanol–water partition coefficient (Wildman–Crippen LogP) is 10.7. The van der Waals surface area contributed by atoms with Crippen molar-refractivity contribution in [2.45, 2.75) is 163 Å². The van der Waals surface area contributed by atoms with Crippen molar-refractivity contribution in [3.63, 3.8) is 0 Å². The number of allylic oxidation sites excluding steroid dienone is 3. The van der Waals surface area contributed by atoms with Crippen LogP contribution in [0, 0.1) is 23.7 Å². The fourth-order valence-corrected chi connectivity index (χ4v) is 18.3. The van der Waals surface area contributed by atoms with E-state index in [0.29, 0.717) is 73.6 Å². The number of dihydropyridines is 1. The van der Waals surface area contributed by atoms with Crippen LogP contribution < -0.4 is 35.9 Å². The van der Waals surface area contributed by atoms with Crippen molar-refractivity contribution in [2.75, 3.05) is 19.5 Å². The third kappa shape index (κ3) is 10.1. The highest BCUT2D eigenvalue weighted by Gasteiger charge is 2.52. The van der Waals surface area contributed by atoms with Crippen LogP contribution in [0.5, 0.6) is 28.7 Å². The summed E-state index contributed by atoms with van der Waals surface area (Å²) in [6.07, 6.45) is 19.4. The number of methoxy groups -OCH3 is 1. The number of nitrogens with two attached hydrogens (primary N) is 1. The molecule has 3 saturated carbocycles. The van der Waals surface area contributed by atoms with E-state index in [2.05, 4.69) is 88.5 Å². The molecular formula is C65H72N4O8S2. The molecule has 0 amide bonds. The maximum atomic E-state index is 13.4. The lowest BCUT2D eigenvalue weighted by atomic mass is 9.65.